The second-order valence-electron chi connectivity index (χ2n) is 8.46. The number of ether oxygens (including phenoxy) is 2. The topological polar surface area (TPSA) is 82.7 Å². The van der Waals surface area contributed by atoms with Crippen LogP contribution < -0.4 is 14.4 Å². The first-order valence-electron chi connectivity index (χ1n) is 11.1. The number of hydrogen-bond acceptors (Lipinski definition) is 6. The standard InChI is InChI=1S/C25H21FN4O4/c26-18-2-4-19(5-3-18)29-21-7-6-20(13-17(21)15-27-29)28-10-9-22(30(31)32)25(28)16-1-8-23-24(14-16)34-12-11-33-23/h1-8,13-15,22,25H,9-12H2/t22-,25+/m0/s1. The second-order valence-corrected chi connectivity index (χ2v) is 8.46. The SMILES string of the molecule is O=[N+]([O-])[C@H]1CCN(c2ccc3c(cnn3-c3ccc(F)cc3)c2)[C@@H]1c1ccc2c(c1)OCCO2. The van der Waals surface area contributed by atoms with Gasteiger partial charge in [0.2, 0.25) is 6.04 Å². The zero-order chi connectivity index (χ0) is 23.2. The van der Waals surface area contributed by atoms with E-state index in [0.29, 0.717) is 37.7 Å². The van der Waals surface area contributed by atoms with Crippen molar-refractivity contribution in [3.05, 3.63) is 88.4 Å². The van der Waals surface area contributed by atoms with Crippen LogP contribution in [0.2, 0.25) is 0 Å². The van der Waals surface area contributed by atoms with E-state index in [1.54, 1.807) is 23.0 Å². The van der Waals surface area contributed by atoms with E-state index in [4.69, 9.17) is 9.47 Å². The molecule has 8 nitrogen and oxygen atoms in total. The highest BCUT2D eigenvalue weighted by atomic mass is 19.1. The fourth-order valence-corrected chi connectivity index (χ4v) is 4.92. The molecule has 6 rings (SSSR count). The third-order valence-corrected chi connectivity index (χ3v) is 6.50. The van der Waals surface area contributed by atoms with E-state index in [1.807, 2.05) is 36.4 Å². The van der Waals surface area contributed by atoms with Gasteiger partial charge in [0.1, 0.15) is 25.1 Å². The largest absolute Gasteiger partial charge is 0.486 e. The predicted octanol–water partition coefficient (Wildman–Crippen LogP) is 4.53. The molecule has 0 saturated carbocycles. The van der Waals surface area contributed by atoms with E-state index >= 15 is 0 Å². The maximum atomic E-state index is 13.3. The average Bonchev–Trinajstić information content (AvgIpc) is 3.49. The highest BCUT2D eigenvalue weighted by molar-refractivity contribution is 5.84. The first-order chi connectivity index (χ1) is 16.6. The lowest BCUT2D eigenvalue weighted by Crippen LogP contribution is -2.31. The Hall–Kier alpha value is -4.14. The number of halogens is 1. The van der Waals surface area contributed by atoms with Gasteiger partial charge in [-0.2, -0.15) is 5.10 Å². The van der Waals surface area contributed by atoms with Crippen molar-refractivity contribution in [1.29, 1.82) is 0 Å². The summed E-state index contributed by atoms with van der Waals surface area (Å²) in [5, 5.41) is 17.3. The minimum atomic E-state index is -0.736. The van der Waals surface area contributed by atoms with Gasteiger partial charge in [0, 0.05) is 29.0 Å². The Labute approximate surface area is 194 Å². The molecule has 0 N–H and O–H groups in total. The van der Waals surface area contributed by atoms with E-state index in [0.717, 1.165) is 27.8 Å². The van der Waals surface area contributed by atoms with Crippen LogP contribution in [0.4, 0.5) is 10.1 Å². The van der Waals surface area contributed by atoms with Crippen LogP contribution in [0.15, 0.2) is 66.9 Å². The van der Waals surface area contributed by atoms with Crippen LogP contribution in [0.5, 0.6) is 11.5 Å². The Morgan fingerprint density at radius 3 is 2.53 bits per heavy atom. The summed E-state index contributed by atoms with van der Waals surface area (Å²) >= 11 is 0. The molecule has 3 aromatic carbocycles. The van der Waals surface area contributed by atoms with Gasteiger partial charge in [-0.05, 0) is 60.2 Å². The number of anilines is 1. The monoisotopic (exact) mass is 460 g/mol. The Morgan fingerprint density at radius 2 is 1.74 bits per heavy atom. The normalized spacial score (nSPS) is 19.5. The summed E-state index contributed by atoms with van der Waals surface area (Å²) in [7, 11) is 0. The third kappa shape index (κ3) is 3.40. The molecule has 34 heavy (non-hydrogen) atoms. The molecule has 0 amide bonds. The highest BCUT2D eigenvalue weighted by Crippen LogP contribution is 2.42. The van der Waals surface area contributed by atoms with Crippen molar-refractivity contribution in [3.8, 4) is 17.2 Å². The van der Waals surface area contributed by atoms with Crippen LogP contribution in [0, 0.1) is 15.9 Å². The number of fused-ring (bicyclic) bond motifs is 2. The van der Waals surface area contributed by atoms with Crippen molar-refractivity contribution >= 4 is 16.6 Å². The summed E-state index contributed by atoms with van der Waals surface area (Å²) in [6.07, 6.45) is 2.20. The third-order valence-electron chi connectivity index (χ3n) is 6.50. The molecule has 2 atom stereocenters. The van der Waals surface area contributed by atoms with Crippen LogP contribution in [-0.2, 0) is 0 Å². The molecule has 0 bridgehead atoms. The first-order valence-corrected chi connectivity index (χ1v) is 11.1. The van der Waals surface area contributed by atoms with E-state index in [1.165, 1.54) is 12.1 Å². The van der Waals surface area contributed by atoms with Crippen molar-refractivity contribution in [1.82, 2.24) is 9.78 Å². The first kappa shape index (κ1) is 20.5. The van der Waals surface area contributed by atoms with Gasteiger partial charge in [0.05, 0.1) is 17.4 Å². The average molecular weight is 460 g/mol. The summed E-state index contributed by atoms with van der Waals surface area (Å²) in [5.41, 5.74) is 3.34. The summed E-state index contributed by atoms with van der Waals surface area (Å²) < 4.78 is 26.4. The maximum Gasteiger partial charge on any atom is 0.238 e. The molecule has 0 aliphatic carbocycles. The summed E-state index contributed by atoms with van der Waals surface area (Å²) in [4.78, 5) is 13.8. The highest BCUT2D eigenvalue weighted by Gasteiger charge is 2.43. The van der Waals surface area contributed by atoms with Crippen LogP contribution in [0.1, 0.15) is 18.0 Å². The molecule has 0 unspecified atom stereocenters. The van der Waals surface area contributed by atoms with Crippen molar-refractivity contribution < 1.29 is 18.8 Å². The molecule has 0 radical (unpaired) electrons. The Kier molecular flexibility index (Phi) is 4.83. The minimum Gasteiger partial charge on any atom is -0.486 e. The molecule has 0 spiro atoms. The molecular weight excluding hydrogens is 439 g/mol. The van der Waals surface area contributed by atoms with Crippen molar-refractivity contribution in [3.63, 3.8) is 0 Å². The van der Waals surface area contributed by atoms with Crippen molar-refractivity contribution in [2.75, 3.05) is 24.7 Å². The lowest BCUT2D eigenvalue weighted by Gasteiger charge is -2.28. The molecule has 172 valence electrons. The van der Waals surface area contributed by atoms with E-state index in [-0.39, 0.29) is 10.7 Å². The molecule has 1 saturated heterocycles. The van der Waals surface area contributed by atoms with E-state index in [9.17, 15) is 14.5 Å². The Balaban J connectivity index is 1.38. The van der Waals surface area contributed by atoms with Crippen LogP contribution in [-0.4, -0.2) is 40.5 Å². The fourth-order valence-electron chi connectivity index (χ4n) is 4.92. The predicted molar refractivity (Wildman–Crippen MR) is 124 cm³/mol. The van der Waals surface area contributed by atoms with E-state index in [2.05, 4.69) is 10.00 Å². The van der Waals surface area contributed by atoms with Crippen LogP contribution in [0.3, 0.4) is 0 Å². The Morgan fingerprint density at radius 1 is 0.971 bits per heavy atom. The smallest absolute Gasteiger partial charge is 0.238 e. The van der Waals surface area contributed by atoms with Gasteiger partial charge in [0.25, 0.3) is 0 Å². The quantitative estimate of drug-likeness (QED) is 0.329. The number of nitrogens with zero attached hydrogens (tertiary/aromatic N) is 4. The van der Waals surface area contributed by atoms with Crippen LogP contribution >= 0.6 is 0 Å². The van der Waals surface area contributed by atoms with Gasteiger partial charge >= 0.3 is 0 Å². The molecule has 2 aliphatic heterocycles. The van der Waals surface area contributed by atoms with Gasteiger partial charge in [-0.3, -0.25) is 10.1 Å². The Bertz CT molecular complexity index is 1390. The van der Waals surface area contributed by atoms with Gasteiger partial charge < -0.3 is 14.4 Å². The number of hydrogen-bond donors (Lipinski definition) is 0. The number of benzene rings is 3. The minimum absolute atomic E-state index is 0.188. The van der Waals surface area contributed by atoms with Crippen LogP contribution in [0.25, 0.3) is 16.6 Å². The molecule has 1 fully saturated rings. The molecule has 2 aliphatic rings. The second kappa shape index (κ2) is 8.02. The number of nitro groups is 1. The zero-order valence-corrected chi connectivity index (χ0v) is 18.1. The fraction of sp³-hybridized carbons (Fsp3) is 0.240. The summed E-state index contributed by atoms with van der Waals surface area (Å²) in [5.74, 6) is 0.975. The zero-order valence-electron chi connectivity index (χ0n) is 18.1. The van der Waals surface area contributed by atoms with Gasteiger partial charge in [-0.15, -0.1) is 0 Å². The lowest BCUT2D eigenvalue weighted by molar-refractivity contribution is -0.523. The van der Waals surface area contributed by atoms with Gasteiger partial charge in [-0.25, -0.2) is 9.07 Å². The summed E-state index contributed by atoms with van der Waals surface area (Å²) in [6, 6.07) is 16.5. The number of aromatic nitrogens is 2. The van der Waals surface area contributed by atoms with Gasteiger partial charge in [0.15, 0.2) is 11.5 Å². The molecule has 9 heteroatoms. The number of rotatable bonds is 4. The molecule has 3 heterocycles. The molecule has 4 aromatic rings. The van der Waals surface area contributed by atoms with Crippen molar-refractivity contribution in [2.45, 2.75) is 18.5 Å². The molecule has 1 aromatic heterocycles. The van der Waals surface area contributed by atoms with Gasteiger partial charge in [-0.1, -0.05) is 6.07 Å². The maximum absolute atomic E-state index is 13.3. The van der Waals surface area contributed by atoms with E-state index < -0.39 is 12.1 Å². The summed E-state index contributed by atoms with van der Waals surface area (Å²) in [6.45, 7) is 1.51. The van der Waals surface area contributed by atoms with Crippen molar-refractivity contribution in [2.24, 2.45) is 0 Å². The lowest BCUT2D eigenvalue weighted by atomic mass is 9.99. The molecular formula is C25H21FN4O4.